The number of nitrogens with zero attached hydrogens (tertiary/aromatic N) is 5. The molecule has 0 aliphatic carbocycles. The van der Waals surface area contributed by atoms with E-state index in [9.17, 15) is 18.0 Å². The van der Waals surface area contributed by atoms with Gasteiger partial charge in [-0.25, -0.2) is 0 Å². The molecule has 2 aromatic heterocycles. The van der Waals surface area contributed by atoms with Crippen LogP contribution in [0.4, 0.5) is 24.9 Å². The Hall–Kier alpha value is -2.62. The van der Waals surface area contributed by atoms with Crippen molar-refractivity contribution >= 4 is 11.8 Å². The van der Waals surface area contributed by atoms with Crippen LogP contribution < -0.4 is 15.4 Å². The second-order valence-electron chi connectivity index (χ2n) is 8.37. The van der Waals surface area contributed by atoms with Crippen LogP contribution in [0.1, 0.15) is 18.9 Å². The lowest BCUT2D eigenvalue weighted by Crippen LogP contribution is -2.56. The molecule has 2 bridgehead atoms. The van der Waals surface area contributed by atoms with E-state index in [2.05, 4.69) is 9.97 Å². The van der Waals surface area contributed by atoms with Crippen LogP contribution in [0.5, 0.6) is 0 Å². The maximum absolute atomic E-state index is 14.1. The quantitative estimate of drug-likeness (QED) is 0.753. The lowest BCUT2D eigenvalue weighted by molar-refractivity contribution is -0.182. The van der Waals surface area contributed by atoms with Gasteiger partial charge in [-0.3, -0.25) is 14.3 Å². The van der Waals surface area contributed by atoms with Crippen LogP contribution in [-0.4, -0.2) is 58.1 Å². The average Bonchev–Trinajstić information content (AvgIpc) is 3.40. The summed E-state index contributed by atoms with van der Waals surface area (Å²) in [6, 6.07) is 5.04. The van der Waals surface area contributed by atoms with Crippen molar-refractivity contribution in [2.24, 2.45) is 0 Å². The normalized spacial score (nSPS) is 27.7. The van der Waals surface area contributed by atoms with Gasteiger partial charge in [0.1, 0.15) is 5.82 Å². The number of rotatable bonds is 4. The van der Waals surface area contributed by atoms with E-state index < -0.39 is 23.8 Å². The minimum atomic E-state index is -4.53. The van der Waals surface area contributed by atoms with Crippen molar-refractivity contribution in [3.63, 3.8) is 0 Å². The third-order valence-corrected chi connectivity index (χ3v) is 6.43. The van der Waals surface area contributed by atoms with Gasteiger partial charge in [0.15, 0.2) is 5.54 Å². The number of fused-ring (bicyclic) bond motifs is 3. The SMILES string of the molecule is C[C@@]1(C(F)(F)F)Cn2c(nc(N3C[C@@H]4C[C@H]3CO4)cc2=O)N1CCc1cccnc1. The molecule has 2 aromatic rings. The number of hydrogen-bond acceptors (Lipinski definition) is 6. The van der Waals surface area contributed by atoms with Gasteiger partial charge in [0, 0.05) is 31.5 Å². The van der Waals surface area contributed by atoms with Gasteiger partial charge in [-0.05, 0) is 31.4 Å². The fourth-order valence-corrected chi connectivity index (χ4v) is 4.65. The summed E-state index contributed by atoms with van der Waals surface area (Å²) in [7, 11) is 0. The highest BCUT2D eigenvalue weighted by atomic mass is 19.4. The summed E-state index contributed by atoms with van der Waals surface area (Å²) in [4.78, 5) is 24.6. The van der Waals surface area contributed by atoms with Crippen molar-refractivity contribution in [1.82, 2.24) is 14.5 Å². The fourth-order valence-electron chi connectivity index (χ4n) is 4.65. The molecular weight excluding hydrogens is 399 g/mol. The number of aromatic nitrogens is 3. The minimum absolute atomic E-state index is 0.0740. The van der Waals surface area contributed by atoms with Crippen molar-refractivity contribution in [3.05, 3.63) is 46.5 Å². The van der Waals surface area contributed by atoms with Crippen LogP contribution in [0.15, 0.2) is 35.4 Å². The van der Waals surface area contributed by atoms with E-state index >= 15 is 0 Å². The maximum Gasteiger partial charge on any atom is 0.413 e. The maximum atomic E-state index is 14.1. The number of morpholine rings is 1. The molecule has 0 N–H and O–H groups in total. The number of halogens is 3. The van der Waals surface area contributed by atoms with Gasteiger partial charge in [0.2, 0.25) is 5.95 Å². The zero-order valence-electron chi connectivity index (χ0n) is 16.5. The summed E-state index contributed by atoms with van der Waals surface area (Å²) in [5.41, 5.74) is -1.84. The highest BCUT2D eigenvalue weighted by Crippen LogP contribution is 2.43. The van der Waals surface area contributed by atoms with E-state index in [0.29, 0.717) is 25.4 Å². The third kappa shape index (κ3) is 2.96. The number of hydrogen-bond donors (Lipinski definition) is 0. The zero-order chi connectivity index (χ0) is 21.1. The van der Waals surface area contributed by atoms with E-state index in [0.717, 1.165) is 23.5 Å². The number of pyridine rings is 1. The number of anilines is 2. The summed E-state index contributed by atoms with van der Waals surface area (Å²) >= 11 is 0. The lowest BCUT2D eigenvalue weighted by Gasteiger charge is -2.37. The van der Waals surface area contributed by atoms with Crippen molar-refractivity contribution in [2.75, 3.05) is 29.5 Å². The molecule has 3 aliphatic heterocycles. The largest absolute Gasteiger partial charge is 0.413 e. The standard InChI is InChI=1S/C20H22F3N5O2/c1-19(20(21,22)23)12-27-17(29)8-16(26-10-15-7-14(26)11-30-15)25-18(27)28(19)6-4-13-3-2-5-24-9-13/h2-3,5,8-9,14-15H,4,6-7,10-12H2,1H3/t14-,15-,19-/m0/s1. The molecule has 5 rings (SSSR count). The number of alkyl halides is 3. The molecule has 0 aromatic carbocycles. The Balaban J connectivity index is 1.52. The Labute approximate surface area is 171 Å². The monoisotopic (exact) mass is 421 g/mol. The first-order valence-corrected chi connectivity index (χ1v) is 10.00. The van der Waals surface area contributed by atoms with E-state index in [1.807, 2.05) is 11.0 Å². The zero-order valence-corrected chi connectivity index (χ0v) is 16.5. The van der Waals surface area contributed by atoms with Gasteiger partial charge < -0.3 is 14.5 Å². The molecule has 3 aliphatic rings. The van der Waals surface area contributed by atoms with Crippen LogP contribution >= 0.6 is 0 Å². The van der Waals surface area contributed by atoms with E-state index in [1.165, 1.54) is 11.0 Å². The predicted molar refractivity (Wildman–Crippen MR) is 104 cm³/mol. The van der Waals surface area contributed by atoms with Crippen LogP contribution in [0.3, 0.4) is 0 Å². The molecule has 0 amide bonds. The second-order valence-corrected chi connectivity index (χ2v) is 8.37. The van der Waals surface area contributed by atoms with Gasteiger partial charge in [-0.15, -0.1) is 0 Å². The van der Waals surface area contributed by atoms with Crippen LogP contribution in [0.25, 0.3) is 0 Å². The van der Waals surface area contributed by atoms with Gasteiger partial charge in [0.25, 0.3) is 5.56 Å². The third-order valence-electron chi connectivity index (χ3n) is 6.43. The molecular formula is C20H22F3N5O2. The molecule has 0 spiro atoms. The van der Waals surface area contributed by atoms with Gasteiger partial charge in [-0.2, -0.15) is 18.2 Å². The van der Waals surface area contributed by atoms with Gasteiger partial charge in [0.05, 0.1) is 25.3 Å². The Bertz CT molecular complexity index is 1010. The Kier molecular flexibility index (Phi) is 4.32. The summed E-state index contributed by atoms with van der Waals surface area (Å²) in [5.74, 6) is 0.504. The molecule has 0 radical (unpaired) electrons. The highest BCUT2D eigenvalue weighted by Gasteiger charge is 2.59. The van der Waals surface area contributed by atoms with Crippen molar-refractivity contribution in [2.45, 2.75) is 50.2 Å². The van der Waals surface area contributed by atoms with Crippen molar-refractivity contribution < 1.29 is 17.9 Å². The molecule has 7 nitrogen and oxygen atoms in total. The molecule has 2 saturated heterocycles. The Morgan fingerprint density at radius 1 is 1.37 bits per heavy atom. The van der Waals surface area contributed by atoms with E-state index in [1.54, 1.807) is 18.5 Å². The molecule has 30 heavy (non-hydrogen) atoms. The summed E-state index contributed by atoms with van der Waals surface area (Å²) in [5, 5.41) is 0. The molecule has 0 saturated carbocycles. The summed E-state index contributed by atoms with van der Waals surface area (Å²) in [6.45, 7) is 1.89. The van der Waals surface area contributed by atoms with Crippen LogP contribution in [0.2, 0.25) is 0 Å². The van der Waals surface area contributed by atoms with Crippen LogP contribution in [0, 0.1) is 0 Å². The molecule has 5 heterocycles. The van der Waals surface area contributed by atoms with Crippen molar-refractivity contribution in [3.8, 4) is 0 Å². The topological polar surface area (TPSA) is 63.5 Å². The van der Waals surface area contributed by atoms with E-state index in [4.69, 9.17) is 4.74 Å². The number of ether oxygens (including phenoxy) is 1. The first kappa shape index (κ1) is 19.3. The summed E-state index contributed by atoms with van der Waals surface area (Å²) < 4.78 is 49.1. The molecule has 2 fully saturated rings. The summed E-state index contributed by atoms with van der Waals surface area (Å²) in [6.07, 6.45) is 0.0409. The first-order valence-electron chi connectivity index (χ1n) is 10.00. The van der Waals surface area contributed by atoms with Crippen molar-refractivity contribution in [1.29, 1.82) is 0 Å². The van der Waals surface area contributed by atoms with Gasteiger partial charge >= 0.3 is 6.18 Å². The molecule has 10 heteroatoms. The molecule has 3 atom stereocenters. The second kappa shape index (κ2) is 6.69. The highest BCUT2D eigenvalue weighted by molar-refractivity contribution is 5.51. The molecule has 160 valence electrons. The Morgan fingerprint density at radius 2 is 2.20 bits per heavy atom. The lowest BCUT2D eigenvalue weighted by atomic mass is 10.00. The predicted octanol–water partition coefficient (Wildman–Crippen LogP) is 2.00. The smallest absolute Gasteiger partial charge is 0.374 e. The minimum Gasteiger partial charge on any atom is -0.374 e. The Morgan fingerprint density at radius 3 is 2.83 bits per heavy atom. The molecule has 0 unspecified atom stereocenters. The fraction of sp³-hybridized carbons (Fsp3) is 0.550. The van der Waals surface area contributed by atoms with Crippen LogP contribution in [-0.2, 0) is 17.7 Å². The first-order chi connectivity index (χ1) is 14.3. The average molecular weight is 421 g/mol. The van der Waals surface area contributed by atoms with E-state index in [-0.39, 0.29) is 24.6 Å². The van der Waals surface area contributed by atoms with Gasteiger partial charge in [-0.1, -0.05) is 6.07 Å².